The number of nitrogens with two attached hydrogens (primary N) is 1. The van der Waals surface area contributed by atoms with E-state index in [1.165, 1.54) is 0 Å². The van der Waals surface area contributed by atoms with Gasteiger partial charge >= 0.3 is 0 Å². The van der Waals surface area contributed by atoms with Gasteiger partial charge in [0, 0.05) is 27.0 Å². The van der Waals surface area contributed by atoms with Gasteiger partial charge in [0.1, 0.15) is 0 Å². The number of aliphatic hydroxyl groups is 1. The molecule has 0 aliphatic rings. The zero-order chi connectivity index (χ0) is 14.7. The first-order valence-corrected chi connectivity index (χ1v) is 7.67. The summed E-state index contributed by atoms with van der Waals surface area (Å²) < 4.78 is 0.844. The van der Waals surface area contributed by atoms with Gasteiger partial charge in [-0.3, -0.25) is 0 Å². The Morgan fingerprint density at radius 2 is 1.80 bits per heavy atom. The lowest BCUT2D eigenvalue weighted by atomic mass is 9.89. The van der Waals surface area contributed by atoms with Crippen molar-refractivity contribution in [3.8, 4) is 0 Å². The van der Waals surface area contributed by atoms with E-state index in [1.54, 1.807) is 12.1 Å². The maximum Gasteiger partial charge on any atom is 0.0882 e. The fraction of sp³-hybridized carbons (Fsp3) is 0.200. The largest absolute Gasteiger partial charge is 0.388 e. The molecule has 0 aliphatic carbocycles. The van der Waals surface area contributed by atoms with Crippen LogP contribution in [0.15, 0.2) is 46.9 Å². The van der Waals surface area contributed by atoms with Crippen molar-refractivity contribution in [2.45, 2.75) is 12.0 Å². The molecule has 0 radical (unpaired) electrons. The Morgan fingerprint density at radius 3 is 2.40 bits per heavy atom. The van der Waals surface area contributed by atoms with Crippen molar-refractivity contribution >= 4 is 39.1 Å². The Balaban J connectivity index is 2.39. The lowest BCUT2D eigenvalue weighted by molar-refractivity contribution is 0.147. The Morgan fingerprint density at radius 1 is 1.10 bits per heavy atom. The van der Waals surface area contributed by atoms with E-state index in [9.17, 15) is 5.11 Å². The number of hydrogen-bond donors (Lipinski definition) is 2. The van der Waals surface area contributed by atoms with Crippen LogP contribution in [0.2, 0.25) is 10.0 Å². The average Bonchev–Trinajstić information content (AvgIpc) is 2.42. The molecule has 106 valence electrons. The minimum atomic E-state index is -0.741. The van der Waals surface area contributed by atoms with Gasteiger partial charge in [-0.25, -0.2) is 0 Å². The van der Waals surface area contributed by atoms with E-state index >= 15 is 0 Å². The van der Waals surface area contributed by atoms with Crippen molar-refractivity contribution in [1.29, 1.82) is 0 Å². The molecule has 0 amide bonds. The molecule has 0 heterocycles. The molecule has 20 heavy (non-hydrogen) atoms. The summed E-state index contributed by atoms with van der Waals surface area (Å²) in [4.78, 5) is 0. The molecule has 0 bridgehead atoms. The summed E-state index contributed by atoms with van der Waals surface area (Å²) in [5.41, 5.74) is 7.41. The third kappa shape index (κ3) is 3.35. The topological polar surface area (TPSA) is 46.2 Å². The first kappa shape index (κ1) is 15.8. The van der Waals surface area contributed by atoms with Gasteiger partial charge in [0.25, 0.3) is 0 Å². The molecule has 2 nitrogen and oxygen atoms in total. The van der Waals surface area contributed by atoms with Crippen LogP contribution < -0.4 is 5.73 Å². The summed E-state index contributed by atoms with van der Waals surface area (Å²) in [5, 5.41) is 11.7. The summed E-state index contributed by atoms with van der Waals surface area (Å²) in [6, 6.07) is 12.7. The number of aliphatic hydroxyl groups excluding tert-OH is 1. The van der Waals surface area contributed by atoms with Crippen molar-refractivity contribution in [2.75, 3.05) is 6.54 Å². The summed E-state index contributed by atoms with van der Waals surface area (Å²) in [7, 11) is 0. The smallest absolute Gasteiger partial charge is 0.0882 e. The second-order valence-corrected chi connectivity index (χ2v) is 6.17. The molecule has 0 saturated carbocycles. The van der Waals surface area contributed by atoms with Gasteiger partial charge in [0.2, 0.25) is 0 Å². The minimum absolute atomic E-state index is 0.282. The average molecular weight is 375 g/mol. The molecule has 5 heteroatoms. The minimum Gasteiger partial charge on any atom is -0.388 e. The van der Waals surface area contributed by atoms with Gasteiger partial charge in [-0.15, -0.1) is 0 Å². The quantitative estimate of drug-likeness (QED) is 0.825. The van der Waals surface area contributed by atoms with Crippen molar-refractivity contribution in [1.82, 2.24) is 0 Å². The van der Waals surface area contributed by atoms with Crippen LogP contribution in [0.1, 0.15) is 23.1 Å². The number of rotatable bonds is 4. The van der Waals surface area contributed by atoms with Crippen molar-refractivity contribution in [2.24, 2.45) is 5.73 Å². The molecule has 3 N–H and O–H groups in total. The van der Waals surface area contributed by atoms with E-state index in [4.69, 9.17) is 28.9 Å². The van der Waals surface area contributed by atoms with E-state index in [2.05, 4.69) is 15.9 Å². The van der Waals surface area contributed by atoms with E-state index in [0.29, 0.717) is 10.0 Å². The Hall–Kier alpha value is -0.580. The predicted molar refractivity (Wildman–Crippen MR) is 87.4 cm³/mol. The van der Waals surface area contributed by atoms with Crippen LogP contribution in [0.25, 0.3) is 0 Å². The molecule has 0 fully saturated rings. The Kier molecular flexibility index (Phi) is 5.47. The second kappa shape index (κ2) is 6.92. The van der Waals surface area contributed by atoms with Gasteiger partial charge in [0.05, 0.1) is 6.10 Å². The third-order valence-electron chi connectivity index (χ3n) is 3.22. The Bertz CT molecular complexity index is 606. The van der Waals surface area contributed by atoms with Gasteiger partial charge in [-0.2, -0.15) is 0 Å². The van der Waals surface area contributed by atoms with Crippen LogP contribution in [-0.2, 0) is 0 Å². The number of benzene rings is 2. The second-order valence-electron chi connectivity index (χ2n) is 4.47. The number of halogens is 3. The Labute approximate surface area is 136 Å². The van der Waals surface area contributed by atoms with E-state index in [1.807, 2.05) is 30.3 Å². The first-order chi connectivity index (χ1) is 9.54. The molecule has 2 unspecified atom stereocenters. The third-order valence-corrected chi connectivity index (χ3v) is 4.51. The van der Waals surface area contributed by atoms with Gasteiger partial charge in [-0.05, 0) is 29.3 Å². The fourth-order valence-corrected chi connectivity index (χ4v) is 3.23. The molecule has 0 saturated heterocycles. The highest BCUT2D eigenvalue weighted by Crippen LogP contribution is 2.37. The lowest BCUT2D eigenvalue weighted by Gasteiger charge is -2.24. The summed E-state index contributed by atoms with van der Waals surface area (Å²) >= 11 is 15.6. The molecule has 2 atom stereocenters. The van der Waals surface area contributed by atoms with E-state index < -0.39 is 6.10 Å². The molecule has 2 aromatic carbocycles. The molecule has 0 aliphatic heterocycles. The number of hydrogen-bond acceptors (Lipinski definition) is 2. The lowest BCUT2D eigenvalue weighted by Crippen LogP contribution is -2.20. The van der Waals surface area contributed by atoms with Crippen molar-refractivity contribution < 1.29 is 5.11 Å². The predicted octanol–water partition coefficient (Wildman–Crippen LogP) is 4.53. The van der Waals surface area contributed by atoms with Crippen LogP contribution in [0.5, 0.6) is 0 Å². The van der Waals surface area contributed by atoms with E-state index in [0.717, 1.165) is 15.6 Å². The molecular weight excluding hydrogens is 361 g/mol. The zero-order valence-corrected chi connectivity index (χ0v) is 13.7. The van der Waals surface area contributed by atoms with Crippen LogP contribution in [0.4, 0.5) is 0 Å². The molecule has 2 rings (SSSR count). The highest BCUT2D eigenvalue weighted by atomic mass is 79.9. The van der Waals surface area contributed by atoms with Crippen LogP contribution in [0, 0.1) is 0 Å². The zero-order valence-electron chi connectivity index (χ0n) is 10.6. The fourth-order valence-electron chi connectivity index (χ4n) is 2.16. The van der Waals surface area contributed by atoms with Crippen LogP contribution in [0.3, 0.4) is 0 Å². The standard InChI is InChI=1S/C15H14BrCl2NO/c16-13-4-2-1-3-11(13)15(20)12(8-19)10-6-5-9(17)7-14(10)18/h1-7,12,15,20H,8,19H2. The SMILES string of the molecule is NCC(c1ccc(Cl)cc1Cl)C(O)c1ccccc1Br. The van der Waals surface area contributed by atoms with E-state index in [-0.39, 0.29) is 12.5 Å². The highest BCUT2D eigenvalue weighted by molar-refractivity contribution is 9.10. The molecule has 0 spiro atoms. The molecular formula is C15H14BrCl2NO. The highest BCUT2D eigenvalue weighted by Gasteiger charge is 2.25. The van der Waals surface area contributed by atoms with Crippen LogP contribution in [-0.4, -0.2) is 11.7 Å². The van der Waals surface area contributed by atoms with Gasteiger partial charge in [0.15, 0.2) is 0 Å². The summed E-state index contributed by atoms with van der Waals surface area (Å²) in [6.45, 7) is 0.282. The summed E-state index contributed by atoms with van der Waals surface area (Å²) in [5.74, 6) is -0.293. The first-order valence-electron chi connectivity index (χ1n) is 6.12. The normalized spacial score (nSPS) is 14.1. The maximum absolute atomic E-state index is 10.6. The van der Waals surface area contributed by atoms with Gasteiger partial charge < -0.3 is 10.8 Å². The van der Waals surface area contributed by atoms with Crippen LogP contribution >= 0.6 is 39.1 Å². The van der Waals surface area contributed by atoms with Crippen molar-refractivity contribution in [3.05, 3.63) is 68.1 Å². The monoisotopic (exact) mass is 373 g/mol. The van der Waals surface area contributed by atoms with Crippen molar-refractivity contribution in [3.63, 3.8) is 0 Å². The molecule has 2 aromatic rings. The summed E-state index contributed by atoms with van der Waals surface area (Å²) in [6.07, 6.45) is -0.741. The molecule has 0 aromatic heterocycles. The maximum atomic E-state index is 10.6. The van der Waals surface area contributed by atoms with Gasteiger partial charge in [-0.1, -0.05) is 63.4 Å².